The van der Waals surface area contributed by atoms with Gasteiger partial charge in [-0.1, -0.05) is 19.8 Å². The van der Waals surface area contributed by atoms with Gasteiger partial charge in [0, 0.05) is 6.54 Å². The van der Waals surface area contributed by atoms with Gasteiger partial charge in [-0.2, -0.15) is 5.48 Å². The van der Waals surface area contributed by atoms with Gasteiger partial charge in [0.1, 0.15) is 0 Å². The maximum atomic E-state index is 9.19. The van der Waals surface area contributed by atoms with Crippen LogP contribution in [0.4, 0.5) is 0 Å². The Hall–Kier alpha value is -0.120. The highest BCUT2D eigenvalue weighted by atomic mass is 16.7. The molecular formula is C9H19NO2. The van der Waals surface area contributed by atoms with Gasteiger partial charge in [-0.05, 0) is 19.3 Å². The summed E-state index contributed by atoms with van der Waals surface area (Å²) >= 11 is 0. The third kappa shape index (κ3) is 3.52. The molecule has 0 heterocycles. The van der Waals surface area contributed by atoms with E-state index in [1.54, 1.807) is 0 Å². The Morgan fingerprint density at radius 2 is 2.17 bits per heavy atom. The van der Waals surface area contributed by atoms with Crippen molar-refractivity contribution in [3.05, 3.63) is 0 Å². The average Bonchev–Trinajstić information content (AvgIpc) is 2.57. The Morgan fingerprint density at radius 3 is 2.75 bits per heavy atom. The zero-order valence-corrected chi connectivity index (χ0v) is 7.75. The van der Waals surface area contributed by atoms with Gasteiger partial charge in [0.15, 0.2) is 0 Å². The first-order chi connectivity index (χ1) is 5.83. The molecule has 72 valence electrons. The highest BCUT2D eigenvalue weighted by Gasteiger charge is 2.15. The molecule has 1 atom stereocenters. The first kappa shape index (κ1) is 9.96. The van der Waals surface area contributed by atoms with Crippen molar-refractivity contribution in [2.45, 2.75) is 51.2 Å². The van der Waals surface area contributed by atoms with E-state index >= 15 is 0 Å². The van der Waals surface area contributed by atoms with Crippen LogP contribution >= 0.6 is 0 Å². The van der Waals surface area contributed by atoms with Gasteiger partial charge in [0.25, 0.3) is 0 Å². The van der Waals surface area contributed by atoms with Gasteiger partial charge >= 0.3 is 0 Å². The van der Waals surface area contributed by atoms with E-state index < -0.39 is 0 Å². The third-order valence-electron chi connectivity index (χ3n) is 2.34. The van der Waals surface area contributed by atoms with Crippen molar-refractivity contribution in [1.82, 2.24) is 5.48 Å². The lowest BCUT2D eigenvalue weighted by atomic mass is 10.3. The minimum Gasteiger partial charge on any atom is -0.392 e. The van der Waals surface area contributed by atoms with Crippen molar-refractivity contribution >= 4 is 0 Å². The van der Waals surface area contributed by atoms with Gasteiger partial charge in [0.05, 0.1) is 12.2 Å². The number of aliphatic hydroxyl groups is 1. The molecule has 0 spiro atoms. The Morgan fingerprint density at radius 1 is 1.50 bits per heavy atom. The van der Waals surface area contributed by atoms with Crippen molar-refractivity contribution in [1.29, 1.82) is 0 Å². The van der Waals surface area contributed by atoms with Crippen LogP contribution in [0, 0.1) is 0 Å². The standard InChI is InChI=1S/C9H19NO2/c1-2-8(11)7-10-12-9-5-3-4-6-9/h8-11H,2-7H2,1H3. The molecule has 0 bridgehead atoms. The molecule has 1 aliphatic rings. The smallest absolute Gasteiger partial charge is 0.0790 e. The summed E-state index contributed by atoms with van der Waals surface area (Å²) in [7, 11) is 0. The summed E-state index contributed by atoms with van der Waals surface area (Å²) in [5.74, 6) is 0. The molecule has 0 saturated heterocycles. The molecule has 0 radical (unpaired) electrons. The van der Waals surface area contributed by atoms with E-state index in [-0.39, 0.29) is 6.10 Å². The fourth-order valence-electron chi connectivity index (χ4n) is 1.41. The lowest BCUT2D eigenvalue weighted by molar-refractivity contribution is -0.0370. The topological polar surface area (TPSA) is 41.5 Å². The van der Waals surface area contributed by atoms with Crippen molar-refractivity contribution < 1.29 is 9.94 Å². The van der Waals surface area contributed by atoms with Crippen LogP contribution in [-0.4, -0.2) is 23.9 Å². The molecule has 1 rings (SSSR count). The lowest BCUT2D eigenvalue weighted by Crippen LogP contribution is -2.29. The predicted octanol–water partition coefficient (Wildman–Crippen LogP) is 1.22. The van der Waals surface area contributed by atoms with E-state index in [2.05, 4.69) is 5.48 Å². The van der Waals surface area contributed by atoms with Gasteiger partial charge in [-0.15, -0.1) is 0 Å². The number of rotatable bonds is 5. The van der Waals surface area contributed by atoms with E-state index in [0.29, 0.717) is 12.6 Å². The lowest BCUT2D eigenvalue weighted by Gasteiger charge is -2.13. The molecule has 3 nitrogen and oxygen atoms in total. The molecule has 0 aliphatic heterocycles. The third-order valence-corrected chi connectivity index (χ3v) is 2.34. The van der Waals surface area contributed by atoms with Crippen LogP contribution in [0.5, 0.6) is 0 Å². The normalized spacial score (nSPS) is 21.5. The van der Waals surface area contributed by atoms with Crippen molar-refractivity contribution in [2.75, 3.05) is 6.54 Å². The molecule has 1 aliphatic carbocycles. The van der Waals surface area contributed by atoms with Crippen LogP contribution in [0.25, 0.3) is 0 Å². The first-order valence-electron chi connectivity index (χ1n) is 4.89. The number of hydrogen-bond acceptors (Lipinski definition) is 3. The van der Waals surface area contributed by atoms with E-state index in [1.807, 2.05) is 6.92 Å². The summed E-state index contributed by atoms with van der Waals surface area (Å²) in [6.45, 7) is 2.51. The van der Waals surface area contributed by atoms with Crippen LogP contribution < -0.4 is 5.48 Å². The summed E-state index contributed by atoms with van der Waals surface area (Å²) in [4.78, 5) is 5.37. The molecule has 2 N–H and O–H groups in total. The highest BCUT2D eigenvalue weighted by Crippen LogP contribution is 2.19. The number of nitrogens with one attached hydrogen (secondary N) is 1. The molecule has 1 saturated carbocycles. The summed E-state index contributed by atoms with van der Waals surface area (Å²) in [6.07, 6.45) is 5.78. The van der Waals surface area contributed by atoms with Crippen molar-refractivity contribution in [3.8, 4) is 0 Å². The summed E-state index contributed by atoms with van der Waals surface area (Å²) in [5, 5.41) is 9.19. The minimum atomic E-state index is -0.272. The number of hydrogen-bond donors (Lipinski definition) is 2. The SMILES string of the molecule is CCC(O)CNOC1CCCC1. The van der Waals surface area contributed by atoms with E-state index in [9.17, 15) is 5.11 Å². The highest BCUT2D eigenvalue weighted by molar-refractivity contribution is 4.65. The molecule has 0 aromatic heterocycles. The Kier molecular flexibility index (Phi) is 4.58. The monoisotopic (exact) mass is 173 g/mol. The summed E-state index contributed by atoms with van der Waals surface area (Å²) < 4.78 is 0. The Balaban J connectivity index is 1.94. The zero-order chi connectivity index (χ0) is 8.81. The van der Waals surface area contributed by atoms with E-state index in [4.69, 9.17) is 4.84 Å². The van der Waals surface area contributed by atoms with Crippen LogP contribution in [-0.2, 0) is 4.84 Å². The predicted molar refractivity (Wildman–Crippen MR) is 47.6 cm³/mol. The minimum absolute atomic E-state index is 0.272. The fourth-order valence-corrected chi connectivity index (χ4v) is 1.41. The Bertz CT molecular complexity index is 113. The Labute approximate surface area is 74.1 Å². The van der Waals surface area contributed by atoms with Crippen molar-refractivity contribution in [2.24, 2.45) is 0 Å². The zero-order valence-electron chi connectivity index (χ0n) is 7.75. The maximum absolute atomic E-state index is 9.19. The summed E-state index contributed by atoms with van der Waals surface area (Å²) in [6, 6.07) is 0. The first-order valence-corrected chi connectivity index (χ1v) is 4.89. The quantitative estimate of drug-likeness (QED) is 0.614. The number of hydroxylamine groups is 1. The van der Waals surface area contributed by atoms with E-state index in [1.165, 1.54) is 12.8 Å². The van der Waals surface area contributed by atoms with Gasteiger partial charge in [-0.25, -0.2) is 0 Å². The molecule has 1 unspecified atom stereocenters. The molecular weight excluding hydrogens is 154 g/mol. The number of aliphatic hydroxyl groups excluding tert-OH is 1. The van der Waals surface area contributed by atoms with Gasteiger partial charge in [-0.3, -0.25) is 4.84 Å². The summed E-state index contributed by atoms with van der Waals surface area (Å²) in [5.41, 5.74) is 2.83. The van der Waals surface area contributed by atoms with Crippen LogP contribution in [0.2, 0.25) is 0 Å². The molecule has 12 heavy (non-hydrogen) atoms. The average molecular weight is 173 g/mol. The fraction of sp³-hybridized carbons (Fsp3) is 1.00. The van der Waals surface area contributed by atoms with Crippen LogP contribution in [0.3, 0.4) is 0 Å². The second-order valence-electron chi connectivity index (χ2n) is 3.43. The maximum Gasteiger partial charge on any atom is 0.0790 e. The molecule has 0 aromatic carbocycles. The molecule has 0 amide bonds. The van der Waals surface area contributed by atoms with Gasteiger partial charge < -0.3 is 5.11 Å². The molecule has 3 heteroatoms. The van der Waals surface area contributed by atoms with Crippen molar-refractivity contribution in [3.63, 3.8) is 0 Å². The molecule has 0 aromatic rings. The van der Waals surface area contributed by atoms with Crippen LogP contribution in [0.1, 0.15) is 39.0 Å². The van der Waals surface area contributed by atoms with Gasteiger partial charge in [0.2, 0.25) is 0 Å². The second kappa shape index (κ2) is 5.51. The molecule has 1 fully saturated rings. The van der Waals surface area contributed by atoms with E-state index in [0.717, 1.165) is 19.3 Å². The van der Waals surface area contributed by atoms with Crippen LogP contribution in [0.15, 0.2) is 0 Å². The largest absolute Gasteiger partial charge is 0.392 e. The second-order valence-corrected chi connectivity index (χ2v) is 3.43.